The van der Waals surface area contributed by atoms with E-state index in [0.717, 1.165) is 83.2 Å². The minimum absolute atomic E-state index is 0.137. The van der Waals surface area contributed by atoms with E-state index in [1.54, 1.807) is 20.4 Å². The molecular weight excluding hydrogens is 773 g/mol. The van der Waals surface area contributed by atoms with Crippen LogP contribution in [0.15, 0.2) is 144 Å². The van der Waals surface area contributed by atoms with Crippen LogP contribution in [-0.2, 0) is 40.0 Å². The van der Waals surface area contributed by atoms with E-state index in [1.165, 1.54) is 10.9 Å². The maximum atomic E-state index is 13.9. The number of fused-ring (bicyclic) bond motifs is 4. The van der Waals surface area contributed by atoms with Crippen molar-refractivity contribution in [3.63, 3.8) is 0 Å². The lowest BCUT2D eigenvalue weighted by atomic mass is 9.92. The van der Waals surface area contributed by atoms with Gasteiger partial charge in [-0.1, -0.05) is 103 Å². The zero-order chi connectivity index (χ0) is 42.9. The first kappa shape index (κ1) is 39.7. The highest BCUT2D eigenvalue weighted by molar-refractivity contribution is 6.12. The molecule has 3 heterocycles. The van der Waals surface area contributed by atoms with Gasteiger partial charge in [0.2, 0.25) is 0 Å². The molecule has 0 atom stereocenters. The van der Waals surface area contributed by atoms with E-state index < -0.39 is 0 Å². The lowest BCUT2D eigenvalue weighted by molar-refractivity contribution is 0.0943. The summed E-state index contributed by atoms with van der Waals surface area (Å²) in [6.07, 6.45) is 4.41. The van der Waals surface area contributed by atoms with Gasteiger partial charge in [-0.2, -0.15) is 5.10 Å². The number of aromatic nitrogens is 4. The van der Waals surface area contributed by atoms with Crippen LogP contribution in [0.5, 0.6) is 11.5 Å². The molecule has 308 valence electrons. The second kappa shape index (κ2) is 16.7. The molecule has 6 aromatic carbocycles. The third kappa shape index (κ3) is 7.29. The van der Waals surface area contributed by atoms with Crippen molar-refractivity contribution in [3.05, 3.63) is 195 Å². The Hall–Kier alpha value is -7.72. The predicted octanol–water partition coefficient (Wildman–Crippen LogP) is 9.22. The normalized spacial score (nSPS) is 11.4. The number of para-hydroxylation sites is 1. The summed E-state index contributed by atoms with van der Waals surface area (Å²) in [7, 11) is 7.10. The summed E-state index contributed by atoms with van der Waals surface area (Å²) in [6.45, 7) is 0.675. The van der Waals surface area contributed by atoms with Crippen LogP contribution in [0, 0.1) is 5.41 Å². The fourth-order valence-electron chi connectivity index (χ4n) is 8.91. The number of rotatable bonds is 13. The summed E-state index contributed by atoms with van der Waals surface area (Å²) in [4.78, 5) is 27.6. The Morgan fingerprint density at radius 1 is 0.694 bits per heavy atom. The third-order valence-corrected chi connectivity index (χ3v) is 11.9. The van der Waals surface area contributed by atoms with Crippen molar-refractivity contribution < 1.29 is 14.3 Å². The Labute approximate surface area is 359 Å². The van der Waals surface area contributed by atoms with Crippen molar-refractivity contribution >= 4 is 44.8 Å². The summed E-state index contributed by atoms with van der Waals surface area (Å²) < 4.78 is 16.2. The Morgan fingerprint density at radius 3 is 2.13 bits per heavy atom. The number of aryl methyl sites for hydroxylation is 2. The highest BCUT2D eigenvalue weighted by Crippen LogP contribution is 2.34. The van der Waals surface area contributed by atoms with E-state index in [-0.39, 0.29) is 11.5 Å². The quantitative estimate of drug-likeness (QED) is 0.113. The molecular formula is C52H46N6O4. The number of nitrogens with zero attached hydrogens (tertiary/aromatic N) is 4. The zero-order valence-electron chi connectivity index (χ0n) is 35.1. The molecule has 1 amide bonds. The van der Waals surface area contributed by atoms with Crippen LogP contribution in [0.25, 0.3) is 43.8 Å². The van der Waals surface area contributed by atoms with Gasteiger partial charge in [0, 0.05) is 54.1 Å². The number of ether oxygens (including phenoxy) is 2. The van der Waals surface area contributed by atoms with Crippen LogP contribution in [0.2, 0.25) is 0 Å². The molecule has 3 aromatic heterocycles. The first-order valence-corrected chi connectivity index (χ1v) is 20.5. The Kier molecular flexibility index (Phi) is 10.7. The SMILES string of the molecule is COc1cccc(CNC(=O)c2c(C=N)c3c(Cc4ccccc4-c4ccc(Cc5cccc6c7cnn(Cc8cccc(OC)c8)c(=O)c7n(C)c56)cc4)cccc3n2C)c1. The number of carbonyl (C=O) groups is 1. The van der Waals surface area contributed by atoms with E-state index in [0.29, 0.717) is 42.7 Å². The van der Waals surface area contributed by atoms with Crippen LogP contribution in [-0.4, -0.2) is 45.3 Å². The Balaban J connectivity index is 0.981. The van der Waals surface area contributed by atoms with E-state index >= 15 is 0 Å². The van der Waals surface area contributed by atoms with Crippen molar-refractivity contribution in [1.29, 1.82) is 5.41 Å². The average Bonchev–Trinajstić information content (AvgIpc) is 3.77. The average molecular weight is 819 g/mol. The number of hydrogen-bond acceptors (Lipinski definition) is 6. The zero-order valence-corrected chi connectivity index (χ0v) is 35.1. The predicted molar refractivity (Wildman–Crippen MR) is 247 cm³/mol. The molecule has 9 rings (SSSR count). The molecule has 10 nitrogen and oxygen atoms in total. The second-order valence-corrected chi connectivity index (χ2v) is 15.6. The van der Waals surface area contributed by atoms with Crippen molar-refractivity contribution in [2.45, 2.75) is 25.9 Å². The van der Waals surface area contributed by atoms with Gasteiger partial charge >= 0.3 is 0 Å². The minimum atomic E-state index is -0.242. The summed E-state index contributed by atoms with van der Waals surface area (Å²) in [5.41, 5.74) is 12.0. The summed E-state index contributed by atoms with van der Waals surface area (Å²) in [6, 6.07) is 44.8. The van der Waals surface area contributed by atoms with Crippen molar-refractivity contribution in [3.8, 4) is 22.6 Å². The van der Waals surface area contributed by atoms with E-state index in [1.807, 2.05) is 83.9 Å². The van der Waals surface area contributed by atoms with Crippen LogP contribution < -0.4 is 20.3 Å². The largest absolute Gasteiger partial charge is 0.497 e. The van der Waals surface area contributed by atoms with Gasteiger partial charge in [0.15, 0.2) is 0 Å². The standard InChI is InChI=1S/C52H46N6O4/c1-56-46-20-10-14-38(47(46)44(29-53)49(56)51(59)54-30-34-11-7-16-40(26-34)61-3)28-37-13-5-6-18-42(37)36-23-21-33(22-24-36)25-39-15-9-19-43-45-31-55-58(52(60)50(45)57(2)48(39)43)32-35-12-8-17-41(27-35)62-4/h5-24,26-27,29,31,53H,25,28,30,32H2,1-4H3,(H,54,59). The molecule has 0 aliphatic heterocycles. The lowest BCUT2D eigenvalue weighted by Gasteiger charge is -2.13. The van der Waals surface area contributed by atoms with Gasteiger partial charge in [-0.25, -0.2) is 4.68 Å². The molecule has 0 fully saturated rings. The molecule has 0 aliphatic rings. The molecule has 2 N–H and O–H groups in total. The van der Waals surface area contributed by atoms with Crippen molar-refractivity contribution in [2.75, 3.05) is 14.2 Å². The lowest BCUT2D eigenvalue weighted by Crippen LogP contribution is -2.26. The molecule has 0 spiro atoms. The minimum Gasteiger partial charge on any atom is -0.497 e. The van der Waals surface area contributed by atoms with Crippen LogP contribution >= 0.6 is 0 Å². The number of carbonyl (C=O) groups excluding carboxylic acids is 1. The molecule has 0 saturated carbocycles. The number of methoxy groups -OCH3 is 2. The summed E-state index contributed by atoms with van der Waals surface area (Å²) in [5, 5.41) is 18.8. The maximum absolute atomic E-state index is 13.9. The molecule has 0 radical (unpaired) electrons. The fourth-order valence-corrected chi connectivity index (χ4v) is 8.91. The number of nitrogens with one attached hydrogen (secondary N) is 2. The molecule has 62 heavy (non-hydrogen) atoms. The Bertz CT molecular complexity index is 3230. The van der Waals surface area contributed by atoms with Gasteiger partial charge in [0.05, 0.1) is 32.5 Å². The third-order valence-electron chi connectivity index (χ3n) is 11.9. The molecule has 9 aromatic rings. The number of amides is 1. The van der Waals surface area contributed by atoms with E-state index in [9.17, 15) is 9.59 Å². The first-order chi connectivity index (χ1) is 30.3. The topological polar surface area (TPSA) is 116 Å². The van der Waals surface area contributed by atoms with Crippen molar-refractivity contribution in [1.82, 2.24) is 24.2 Å². The van der Waals surface area contributed by atoms with E-state index in [4.69, 9.17) is 14.9 Å². The van der Waals surface area contributed by atoms with Gasteiger partial charge in [-0.15, -0.1) is 0 Å². The number of benzene rings is 6. The molecule has 0 unspecified atom stereocenters. The number of hydrogen-bond donors (Lipinski definition) is 2. The van der Waals surface area contributed by atoms with Gasteiger partial charge < -0.3 is 29.3 Å². The first-order valence-electron chi connectivity index (χ1n) is 20.5. The van der Waals surface area contributed by atoms with Crippen LogP contribution in [0.1, 0.15) is 49.4 Å². The van der Waals surface area contributed by atoms with E-state index in [2.05, 4.69) is 83.2 Å². The van der Waals surface area contributed by atoms with Crippen LogP contribution in [0.4, 0.5) is 0 Å². The van der Waals surface area contributed by atoms with Crippen LogP contribution in [0.3, 0.4) is 0 Å². The highest BCUT2D eigenvalue weighted by Gasteiger charge is 2.23. The monoisotopic (exact) mass is 818 g/mol. The highest BCUT2D eigenvalue weighted by atomic mass is 16.5. The van der Waals surface area contributed by atoms with Gasteiger partial charge in [0.25, 0.3) is 11.5 Å². The van der Waals surface area contributed by atoms with Crippen molar-refractivity contribution in [2.24, 2.45) is 14.1 Å². The summed E-state index contributed by atoms with van der Waals surface area (Å²) in [5.74, 6) is 1.22. The second-order valence-electron chi connectivity index (χ2n) is 15.6. The molecule has 0 bridgehead atoms. The van der Waals surface area contributed by atoms with Gasteiger partial charge in [-0.3, -0.25) is 9.59 Å². The molecule has 0 saturated heterocycles. The van der Waals surface area contributed by atoms with Gasteiger partial charge in [-0.05, 0) is 87.7 Å². The fraction of sp³-hybridized carbons (Fsp3) is 0.154. The molecule has 0 aliphatic carbocycles. The molecule has 10 heteroatoms. The smallest absolute Gasteiger partial charge is 0.291 e. The maximum Gasteiger partial charge on any atom is 0.291 e. The Morgan fingerprint density at radius 2 is 1.37 bits per heavy atom. The van der Waals surface area contributed by atoms with Gasteiger partial charge in [0.1, 0.15) is 22.7 Å². The summed E-state index contributed by atoms with van der Waals surface area (Å²) >= 11 is 0.